The minimum absolute atomic E-state index is 0.0133. The Bertz CT molecular complexity index is 1230. The average Bonchev–Trinajstić information content (AvgIpc) is 3.33. The summed E-state index contributed by atoms with van der Waals surface area (Å²) in [5.74, 6) is -1.01. The van der Waals surface area contributed by atoms with Crippen LogP contribution in [0.4, 0.5) is 28.4 Å². The van der Waals surface area contributed by atoms with Gasteiger partial charge in [-0.1, -0.05) is 11.6 Å². The Balaban J connectivity index is 1.58. The maximum absolute atomic E-state index is 14.7. The van der Waals surface area contributed by atoms with Crippen LogP contribution in [0.3, 0.4) is 0 Å². The van der Waals surface area contributed by atoms with E-state index < -0.39 is 32.5 Å². The van der Waals surface area contributed by atoms with Crippen LogP contribution in [0, 0.1) is 5.82 Å². The van der Waals surface area contributed by atoms with Crippen molar-refractivity contribution in [2.75, 3.05) is 16.2 Å². The molecular weight excluding hydrogens is 480 g/mol. The number of sulfonamides is 1. The van der Waals surface area contributed by atoms with Crippen molar-refractivity contribution in [1.29, 1.82) is 0 Å². The number of alkyl halides is 3. The van der Waals surface area contributed by atoms with Crippen LogP contribution in [0.1, 0.15) is 16.7 Å². The molecule has 4 rings (SSSR count). The molecule has 2 aromatic carbocycles. The lowest BCUT2D eigenvalue weighted by Gasteiger charge is -2.21. The van der Waals surface area contributed by atoms with E-state index in [1.54, 1.807) is 4.90 Å². The SMILES string of the molecule is O=S(=O)(Nc1ncns1)c1cc(Cl)c(CN2CCc3cc(C(F)(F)F)ccc32)cc1F. The van der Waals surface area contributed by atoms with Gasteiger partial charge in [0.1, 0.15) is 17.0 Å². The molecule has 13 heteroatoms. The number of hydrogen-bond donors (Lipinski definition) is 1. The third-order valence-electron chi connectivity index (χ3n) is 4.73. The molecule has 0 saturated heterocycles. The van der Waals surface area contributed by atoms with Gasteiger partial charge in [0, 0.05) is 35.3 Å². The number of aromatic nitrogens is 2. The van der Waals surface area contributed by atoms with Gasteiger partial charge in [0.2, 0.25) is 5.13 Å². The second kappa shape index (κ2) is 7.92. The van der Waals surface area contributed by atoms with Gasteiger partial charge in [-0.05, 0) is 47.9 Å². The summed E-state index contributed by atoms with van der Waals surface area (Å²) in [5.41, 5.74) is 0.711. The van der Waals surface area contributed by atoms with Crippen molar-refractivity contribution in [2.24, 2.45) is 0 Å². The smallest absolute Gasteiger partial charge is 0.367 e. The number of benzene rings is 2. The van der Waals surface area contributed by atoms with Gasteiger partial charge >= 0.3 is 6.18 Å². The van der Waals surface area contributed by atoms with Crippen LogP contribution in [0.15, 0.2) is 41.6 Å². The first-order valence-electron chi connectivity index (χ1n) is 8.77. The van der Waals surface area contributed by atoms with Crippen molar-refractivity contribution < 1.29 is 26.0 Å². The van der Waals surface area contributed by atoms with Crippen molar-refractivity contribution in [3.05, 3.63) is 64.2 Å². The van der Waals surface area contributed by atoms with Gasteiger partial charge in [0.25, 0.3) is 10.0 Å². The Morgan fingerprint density at radius 2 is 2.00 bits per heavy atom. The molecule has 3 aromatic rings. The second-order valence-electron chi connectivity index (χ2n) is 6.74. The van der Waals surface area contributed by atoms with E-state index in [2.05, 4.69) is 14.1 Å². The van der Waals surface area contributed by atoms with Crippen LogP contribution < -0.4 is 9.62 Å². The van der Waals surface area contributed by atoms with E-state index in [0.29, 0.717) is 29.8 Å². The quantitative estimate of drug-likeness (QED) is 0.522. The monoisotopic (exact) mass is 492 g/mol. The number of halogens is 5. The first-order chi connectivity index (χ1) is 14.5. The zero-order chi connectivity index (χ0) is 22.4. The van der Waals surface area contributed by atoms with Gasteiger partial charge in [0.15, 0.2) is 0 Å². The van der Waals surface area contributed by atoms with E-state index >= 15 is 0 Å². The van der Waals surface area contributed by atoms with Crippen molar-refractivity contribution in [3.8, 4) is 0 Å². The fourth-order valence-corrected chi connectivity index (χ4v) is 5.34. The molecule has 0 aliphatic carbocycles. The summed E-state index contributed by atoms with van der Waals surface area (Å²) < 4.78 is 84.1. The Kier molecular flexibility index (Phi) is 5.56. The molecule has 0 saturated carbocycles. The third-order valence-corrected chi connectivity index (χ3v) is 7.15. The van der Waals surface area contributed by atoms with E-state index in [0.717, 1.165) is 42.1 Å². The molecule has 31 heavy (non-hydrogen) atoms. The molecule has 1 N–H and O–H groups in total. The number of fused-ring (bicyclic) bond motifs is 1. The predicted molar refractivity (Wildman–Crippen MR) is 108 cm³/mol. The largest absolute Gasteiger partial charge is 0.416 e. The highest BCUT2D eigenvalue weighted by molar-refractivity contribution is 7.93. The van der Waals surface area contributed by atoms with E-state index in [1.807, 2.05) is 0 Å². The molecule has 6 nitrogen and oxygen atoms in total. The van der Waals surface area contributed by atoms with Gasteiger partial charge in [-0.15, -0.1) is 0 Å². The van der Waals surface area contributed by atoms with Crippen LogP contribution in [-0.4, -0.2) is 24.3 Å². The first-order valence-corrected chi connectivity index (χ1v) is 11.4. The fraction of sp³-hybridized carbons (Fsp3) is 0.222. The highest BCUT2D eigenvalue weighted by atomic mass is 35.5. The summed E-state index contributed by atoms with van der Waals surface area (Å²) in [6.07, 6.45) is -2.88. The summed E-state index contributed by atoms with van der Waals surface area (Å²) in [6.45, 7) is 0.533. The number of nitrogens with one attached hydrogen (secondary N) is 1. The van der Waals surface area contributed by atoms with Crippen LogP contribution in [0.2, 0.25) is 5.02 Å². The molecule has 0 atom stereocenters. The van der Waals surface area contributed by atoms with Gasteiger partial charge in [-0.3, -0.25) is 4.72 Å². The predicted octanol–water partition coefficient (Wildman–Crippen LogP) is 4.71. The molecule has 0 unspecified atom stereocenters. The van der Waals surface area contributed by atoms with Gasteiger partial charge < -0.3 is 4.90 Å². The standard InChI is InChI=1S/C18H13ClF4N4O2S2/c19-13-7-16(31(28,29)26-17-24-9-25-30-17)14(20)6-11(13)8-27-4-3-10-5-12(18(21,22)23)1-2-15(10)27/h1-2,5-7,9H,3-4,8H2,(H,24,25,26). The van der Waals surface area contributed by atoms with Crippen LogP contribution in [0.25, 0.3) is 0 Å². The average molecular weight is 493 g/mol. The molecule has 0 radical (unpaired) electrons. The van der Waals surface area contributed by atoms with Gasteiger partial charge in [-0.2, -0.15) is 17.5 Å². The maximum Gasteiger partial charge on any atom is 0.416 e. The molecule has 164 valence electrons. The number of anilines is 2. The lowest BCUT2D eigenvalue weighted by molar-refractivity contribution is -0.137. The summed E-state index contributed by atoms with van der Waals surface area (Å²) in [5, 5.41) is -0.00843. The Labute approximate surface area is 183 Å². The Morgan fingerprint density at radius 3 is 2.68 bits per heavy atom. The minimum Gasteiger partial charge on any atom is -0.367 e. The Hall–Kier alpha value is -2.44. The summed E-state index contributed by atoms with van der Waals surface area (Å²) in [6, 6.07) is 5.49. The normalized spacial score (nSPS) is 14.0. The van der Waals surface area contributed by atoms with Crippen molar-refractivity contribution in [2.45, 2.75) is 24.0 Å². The second-order valence-corrected chi connectivity index (χ2v) is 9.58. The fourth-order valence-electron chi connectivity index (χ4n) is 3.30. The first kappa shape index (κ1) is 21.8. The maximum atomic E-state index is 14.7. The van der Waals surface area contributed by atoms with Gasteiger partial charge in [-0.25, -0.2) is 17.8 Å². The highest BCUT2D eigenvalue weighted by Gasteiger charge is 2.32. The zero-order valence-corrected chi connectivity index (χ0v) is 17.8. The minimum atomic E-state index is -4.43. The molecular formula is C18H13ClF4N4O2S2. The van der Waals surface area contributed by atoms with Crippen LogP contribution in [-0.2, 0) is 29.2 Å². The molecule has 0 fully saturated rings. The number of hydrogen-bond acceptors (Lipinski definition) is 6. The topological polar surface area (TPSA) is 75.2 Å². The molecule has 1 aliphatic heterocycles. The summed E-state index contributed by atoms with van der Waals surface area (Å²) in [4.78, 5) is 4.81. The van der Waals surface area contributed by atoms with Crippen LogP contribution in [0.5, 0.6) is 0 Å². The molecule has 0 amide bonds. The molecule has 0 spiro atoms. The van der Waals surface area contributed by atoms with E-state index in [-0.39, 0.29) is 16.7 Å². The lowest BCUT2D eigenvalue weighted by Crippen LogP contribution is -2.21. The van der Waals surface area contributed by atoms with E-state index in [4.69, 9.17) is 11.6 Å². The number of rotatable bonds is 5. The highest BCUT2D eigenvalue weighted by Crippen LogP contribution is 2.37. The molecule has 1 aliphatic rings. The third kappa shape index (κ3) is 4.46. The van der Waals surface area contributed by atoms with E-state index in [9.17, 15) is 26.0 Å². The summed E-state index contributed by atoms with van der Waals surface area (Å²) >= 11 is 7.01. The van der Waals surface area contributed by atoms with Crippen molar-refractivity contribution in [1.82, 2.24) is 9.36 Å². The van der Waals surface area contributed by atoms with Crippen molar-refractivity contribution in [3.63, 3.8) is 0 Å². The van der Waals surface area contributed by atoms with Gasteiger partial charge in [0.05, 0.1) is 5.56 Å². The summed E-state index contributed by atoms with van der Waals surface area (Å²) in [7, 11) is -4.27. The molecule has 0 bridgehead atoms. The lowest BCUT2D eigenvalue weighted by atomic mass is 10.1. The number of nitrogens with zero attached hydrogens (tertiary/aromatic N) is 3. The Morgan fingerprint density at radius 1 is 1.23 bits per heavy atom. The zero-order valence-electron chi connectivity index (χ0n) is 15.4. The van der Waals surface area contributed by atoms with Crippen LogP contribution >= 0.6 is 23.1 Å². The molecule has 1 aromatic heterocycles. The van der Waals surface area contributed by atoms with Crippen molar-refractivity contribution >= 4 is 44.0 Å². The molecule has 2 heterocycles. The van der Waals surface area contributed by atoms with E-state index in [1.165, 1.54) is 6.07 Å².